The first-order valence-electron chi connectivity index (χ1n) is 8.33. The molecule has 0 aromatic heterocycles. The summed E-state index contributed by atoms with van der Waals surface area (Å²) in [5.74, 6) is 0.570. The van der Waals surface area contributed by atoms with Crippen molar-refractivity contribution in [1.82, 2.24) is 5.43 Å². The second kappa shape index (κ2) is 6.00. The fourth-order valence-corrected chi connectivity index (χ4v) is 3.54. The molecule has 2 aromatic rings. The number of aryl methyl sites for hydroxylation is 1. The minimum absolute atomic E-state index is 0.0394. The van der Waals surface area contributed by atoms with Crippen LogP contribution in [-0.2, 0) is 17.8 Å². The van der Waals surface area contributed by atoms with Gasteiger partial charge in [-0.15, -0.1) is 0 Å². The number of para-hydroxylation sites is 1. The number of carbonyl (C=O) groups excluding carboxylic acids is 1. The predicted octanol–water partition coefficient (Wildman–Crippen LogP) is 1.40. The molecule has 0 aliphatic carbocycles. The highest BCUT2D eigenvalue weighted by Crippen LogP contribution is 2.26. The predicted molar refractivity (Wildman–Crippen MR) is 93.8 cm³/mol. The standard InChI is InChI=1S/C19H20N4O/c20-19-16-9-3-1-7-15(16)12-23(19)21-18(24)13-22-11-5-8-14-6-2-4-10-17(14)22/h1-4,6-7,9-10,20H,5,8,11-13H2,(H,21,24)/p+1. The van der Waals surface area contributed by atoms with Crippen molar-refractivity contribution in [3.05, 3.63) is 65.2 Å². The first kappa shape index (κ1) is 14.8. The molecule has 0 saturated carbocycles. The van der Waals surface area contributed by atoms with Crippen molar-refractivity contribution in [3.8, 4) is 0 Å². The molecule has 122 valence electrons. The van der Waals surface area contributed by atoms with Gasteiger partial charge in [0.2, 0.25) is 0 Å². The van der Waals surface area contributed by atoms with E-state index >= 15 is 0 Å². The molecule has 0 bridgehead atoms. The Kier molecular flexibility index (Phi) is 3.69. The molecule has 0 unspecified atom stereocenters. The number of hydrogen-bond donors (Lipinski definition) is 2. The average Bonchev–Trinajstić information content (AvgIpc) is 2.91. The van der Waals surface area contributed by atoms with E-state index in [9.17, 15) is 4.79 Å². The summed E-state index contributed by atoms with van der Waals surface area (Å²) >= 11 is 0. The molecule has 0 radical (unpaired) electrons. The smallest absolute Gasteiger partial charge is 0.299 e. The minimum atomic E-state index is -0.0394. The van der Waals surface area contributed by atoms with Crippen molar-refractivity contribution in [2.24, 2.45) is 5.73 Å². The SMILES string of the molecule is NC1=[N+](NC(=O)CN2CCCc3ccccc32)Cc2ccccc21. The number of rotatable bonds is 3. The zero-order valence-electron chi connectivity index (χ0n) is 13.5. The summed E-state index contributed by atoms with van der Waals surface area (Å²) in [5.41, 5.74) is 13.7. The maximum atomic E-state index is 12.5. The molecule has 1 amide bonds. The van der Waals surface area contributed by atoms with Crippen molar-refractivity contribution in [2.45, 2.75) is 19.4 Å². The number of hydrazine groups is 1. The molecule has 2 aliphatic heterocycles. The van der Waals surface area contributed by atoms with Gasteiger partial charge in [-0.3, -0.25) is 10.5 Å². The third-order valence-electron chi connectivity index (χ3n) is 4.71. The summed E-state index contributed by atoms with van der Waals surface area (Å²) < 4.78 is 1.74. The molecule has 5 nitrogen and oxygen atoms in total. The number of fused-ring (bicyclic) bond motifs is 2. The van der Waals surface area contributed by atoms with Crippen molar-refractivity contribution >= 4 is 17.4 Å². The molecule has 2 aliphatic rings. The molecule has 0 fully saturated rings. The number of amidine groups is 1. The maximum Gasteiger partial charge on any atom is 0.299 e. The van der Waals surface area contributed by atoms with Gasteiger partial charge >= 0.3 is 0 Å². The summed E-state index contributed by atoms with van der Waals surface area (Å²) in [6.45, 7) is 1.87. The van der Waals surface area contributed by atoms with E-state index in [1.165, 1.54) is 11.3 Å². The Morgan fingerprint density at radius 3 is 2.71 bits per heavy atom. The first-order chi connectivity index (χ1) is 11.7. The van der Waals surface area contributed by atoms with Gasteiger partial charge in [0.05, 0.1) is 5.56 Å². The number of hydrazone groups is 1. The van der Waals surface area contributed by atoms with Crippen molar-refractivity contribution in [1.29, 1.82) is 0 Å². The second-order valence-electron chi connectivity index (χ2n) is 6.32. The van der Waals surface area contributed by atoms with E-state index in [2.05, 4.69) is 28.5 Å². The van der Waals surface area contributed by atoms with E-state index in [1.807, 2.05) is 30.3 Å². The average molecular weight is 321 g/mol. The fourth-order valence-electron chi connectivity index (χ4n) is 3.54. The van der Waals surface area contributed by atoms with Crippen LogP contribution >= 0.6 is 0 Å². The Morgan fingerprint density at radius 2 is 1.88 bits per heavy atom. The third-order valence-corrected chi connectivity index (χ3v) is 4.71. The van der Waals surface area contributed by atoms with E-state index in [0.29, 0.717) is 18.9 Å². The summed E-state index contributed by atoms with van der Waals surface area (Å²) in [6, 6.07) is 16.3. The van der Waals surface area contributed by atoms with Crippen LogP contribution in [0.2, 0.25) is 0 Å². The number of nitrogens with zero attached hydrogens (tertiary/aromatic N) is 2. The van der Waals surface area contributed by atoms with E-state index in [4.69, 9.17) is 5.73 Å². The normalized spacial score (nSPS) is 15.9. The molecule has 2 aromatic carbocycles. The second-order valence-corrected chi connectivity index (χ2v) is 6.32. The van der Waals surface area contributed by atoms with Gasteiger partial charge in [0.15, 0.2) is 0 Å². The van der Waals surface area contributed by atoms with Gasteiger partial charge in [0.25, 0.3) is 11.7 Å². The monoisotopic (exact) mass is 321 g/mol. The van der Waals surface area contributed by atoms with Crippen molar-refractivity contribution in [2.75, 3.05) is 18.0 Å². The first-order valence-corrected chi connectivity index (χ1v) is 8.33. The van der Waals surface area contributed by atoms with Crippen LogP contribution in [0, 0.1) is 0 Å². The van der Waals surface area contributed by atoms with Gasteiger partial charge in [0.1, 0.15) is 13.1 Å². The molecule has 3 N–H and O–H groups in total. The largest absolute Gasteiger partial charge is 0.362 e. The number of nitrogens with two attached hydrogens (primary N) is 1. The highest BCUT2D eigenvalue weighted by molar-refractivity contribution is 5.96. The molecule has 0 saturated heterocycles. The summed E-state index contributed by atoms with van der Waals surface area (Å²) in [7, 11) is 0. The number of benzene rings is 2. The molecule has 5 heteroatoms. The van der Waals surface area contributed by atoms with Gasteiger partial charge < -0.3 is 4.90 Å². The van der Waals surface area contributed by atoms with E-state index in [0.717, 1.165) is 30.5 Å². The van der Waals surface area contributed by atoms with Crippen LogP contribution in [0.4, 0.5) is 5.69 Å². The highest BCUT2D eigenvalue weighted by atomic mass is 16.2. The van der Waals surface area contributed by atoms with E-state index < -0.39 is 0 Å². The summed E-state index contributed by atoms with van der Waals surface area (Å²) in [6.07, 6.45) is 2.16. The molecular formula is C19H21N4O+. The van der Waals surface area contributed by atoms with Gasteiger partial charge in [0, 0.05) is 17.8 Å². The zero-order chi connectivity index (χ0) is 16.5. The Balaban J connectivity index is 1.47. The van der Waals surface area contributed by atoms with Crippen LogP contribution in [0.15, 0.2) is 48.5 Å². The third kappa shape index (κ3) is 2.62. The molecular weight excluding hydrogens is 300 g/mol. The van der Waals surface area contributed by atoms with Crippen LogP contribution in [0.25, 0.3) is 0 Å². The lowest BCUT2D eigenvalue weighted by molar-refractivity contribution is -0.585. The van der Waals surface area contributed by atoms with Gasteiger partial charge in [-0.25, -0.2) is 0 Å². The minimum Gasteiger partial charge on any atom is -0.362 e. The summed E-state index contributed by atoms with van der Waals surface area (Å²) in [5, 5.41) is 0. The van der Waals surface area contributed by atoms with Crippen LogP contribution in [0.3, 0.4) is 0 Å². The van der Waals surface area contributed by atoms with Gasteiger partial charge in [-0.2, -0.15) is 10.1 Å². The van der Waals surface area contributed by atoms with Crippen LogP contribution in [0.5, 0.6) is 0 Å². The fraction of sp³-hybridized carbons (Fsp3) is 0.263. The van der Waals surface area contributed by atoms with Crippen LogP contribution < -0.4 is 16.1 Å². The lowest BCUT2D eigenvalue weighted by Gasteiger charge is -2.30. The molecule has 0 atom stereocenters. The maximum absolute atomic E-state index is 12.5. The number of carbonyl (C=O) groups is 1. The van der Waals surface area contributed by atoms with E-state index in [-0.39, 0.29) is 5.91 Å². The number of anilines is 1. The molecule has 2 heterocycles. The summed E-state index contributed by atoms with van der Waals surface area (Å²) in [4.78, 5) is 14.7. The van der Waals surface area contributed by atoms with Crippen LogP contribution in [0.1, 0.15) is 23.1 Å². The quantitative estimate of drug-likeness (QED) is 0.840. The van der Waals surface area contributed by atoms with Gasteiger partial charge in [-0.1, -0.05) is 36.4 Å². The molecule has 0 spiro atoms. The number of nitrogens with one attached hydrogen (secondary N) is 1. The Bertz CT molecular complexity index is 828. The van der Waals surface area contributed by atoms with E-state index in [1.54, 1.807) is 4.68 Å². The van der Waals surface area contributed by atoms with Crippen LogP contribution in [-0.4, -0.2) is 29.5 Å². The number of amides is 1. The Labute approximate surface area is 141 Å². The zero-order valence-corrected chi connectivity index (χ0v) is 13.5. The Morgan fingerprint density at radius 1 is 1.12 bits per heavy atom. The lowest BCUT2D eigenvalue weighted by atomic mass is 10.0. The van der Waals surface area contributed by atoms with Gasteiger partial charge in [-0.05, 0) is 30.5 Å². The molecule has 4 rings (SSSR count). The lowest BCUT2D eigenvalue weighted by Crippen LogP contribution is -2.45. The Hall–Kier alpha value is -2.82. The number of hydrogen-bond acceptors (Lipinski definition) is 3. The molecule has 24 heavy (non-hydrogen) atoms. The van der Waals surface area contributed by atoms with Crippen molar-refractivity contribution < 1.29 is 9.48 Å². The topological polar surface area (TPSA) is 61.4 Å². The van der Waals surface area contributed by atoms with Crippen molar-refractivity contribution in [3.63, 3.8) is 0 Å². The highest BCUT2D eigenvalue weighted by Gasteiger charge is 2.26.